The lowest BCUT2D eigenvalue weighted by Gasteiger charge is -2.25. The Morgan fingerprint density at radius 3 is 2.45 bits per heavy atom. The van der Waals surface area contributed by atoms with E-state index < -0.39 is 0 Å². The van der Waals surface area contributed by atoms with Gasteiger partial charge in [0.1, 0.15) is 0 Å². The van der Waals surface area contributed by atoms with Crippen LogP contribution >= 0.6 is 0 Å². The first-order valence-corrected chi connectivity index (χ1v) is 6.95. The van der Waals surface area contributed by atoms with Gasteiger partial charge in [-0.2, -0.15) is 0 Å². The molecule has 0 radical (unpaired) electrons. The largest absolute Gasteiger partial charge is 0.395 e. The Morgan fingerprint density at radius 1 is 1.35 bits per heavy atom. The first-order valence-electron chi connectivity index (χ1n) is 6.95. The molecule has 0 rings (SSSR count). The molecule has 0 atom stereocenters. The number of hydrogen-bond acceptors (Lipinski definition) is 4. The average Bonchev–Trinajstić information content (AvgIpc) is 2.35. The second kappa shape index (κ2) is 10.4. The van der Waals surface area contributed by atoms with Crippen molar-refractivity contribution in [1.29, 1.82) is 0 Å². The standard InChI is InChI=1S/C14H27N3O3/c1-5-7-16(8-9-18)11-14(20)17(6-2)10-13(19)15-12(3)4/h5,12,18H,1,6-11H2,2-4H3,(H,15,19). The molecular weight excluding hydrogens is 258 g/mol. The molecule has 0 aliphatic rings. The Hall–Kier alpha value is -1.40. The fourth-order valence-corrected chi connectivity index (χ4v) is 1.77. The Bertz CT molecular complexity index is 319. The highest BCUT2D eigenvalue weighted by Crippen LogP contribution is 1.96. The second-order valence-electron chi connectivity index (χ2n) is 4.88. The van der Waals surface area contributed by atoms with Crippen LogP contribution in [0.1, 0.15) is 20.8 Å². The van der Waals surface area contributed by atoms with Crippen LogP contribution in [0.5, 0.6) is 0 Å². The number of nitrogens with zero attached hydrogens (tertiary/aromatic N) is 2. The van der Waals surface area contributed by atoms with E-state index in [1.165, 1.54) is 4.90 Å². The van der Waals surface area contributed by atoms with Crippen LogP contribution < -0.4 is 5.32 Å². The molecule has 6 heteroatoms. The highest BCUT2D eigenvalue weighted by Gasteiger charge is 2.18. The van der Waals surface area contributed by atoms with Gasteiger partial charge in [-0.1, -0.05) is 6.08 Å². The van der Waals surface area contributed by atoms with Crippen LogP contribution in [-0.4, -0.2) is 72.1 Å². The average molecular weight is 285 g/mol. The summed E-state index contributed by atoms with van der Waals surface area (Å²) in [6.07, 6.45) is 1.69. The second-order valence-corrected chi connectivity index (χ2v) is 4.88. The zero-order valence-corrected chi connectivity index (χ0v) is 12.8. The Labute approximate surface area is 121 Å². The molecule has 0 aliphatic carbocycles. The molecule has 0 saturated carbocycles. The topological polar surface area (TPSA) is 72.9 Å². The third-order valence-electron chi connectivity index (χ3n) is 2.68. The molecule has 0 aromatic rings. The molecule has 0 spiro atoms. The number of aliphatic hydroxyl groups is 1. The lowest BCUT2D eigenvalue weighted by atomic mass is 10.3. The Balaban J connectivity index is 4.44. The van der Waals surface area contributed by atoms with Crippen LogP contribution in [0.3, 0.4) is 0 Å². The molecule has 0 unspecified atom stereocenters. The summed E-state index contributed by atoms with van der Waals surface area (Å²) in [6, 6.07) is 0.0583. The van der Waals surface area contributed by atoms with E-state index in [9.17, 15) is 9.59 Å². The van der Waals surface area contributed by atoms with E-state index in [2.05, 4.69) is 11.9 Å². The van der Waals surface area contributed by atoms with Gasteiger partial charge in [0.2, 0.25) is 11.8 Å². The smallest absolute Gasteiger partial charge is 0.239 e. The molecule has 2 N–H and O–H groups in total. The van der Waals surface area contributed by atoms with Gasteiger partial charge in [-0.3, -0.25) is 14.5 Å². The maximum Gasteiger partial charge on any atom is 0.239 e. The van der Waals surface area contributed by atoms with Gasteiger partial charge in [-0.25, -0.2) is 0 Å². The zero-order valence-electron chi connectivity index (χ0n) is 12.8. The summed E-state index contributed by atoms with van der Waals surface area (Å²) in [5, 5.41) is 11.7. The molecule has 20 heavy (non-hydrogen) atoms. The molecule has 2 amide bonds. The Morgan fingerprint density at radius 2 is 2.00 bits per heavy atom. The van der Waals surface area contributed by atoms with Crippen molar-refractivity contribution in [3.05, 3.63) is 12.7 Å². The summed E-state index contributed by atoms with van der Waals surface area (Å²) in [4.78, 5) is 27.1. The fourth-order valence-electron chi connectivity index (χ4n) is 1.77. The van der Waals surface area contributed by atoms with Crippen LogP contribution in [0.15, 0.2) is 12.7 Å². The number of aliphatic hydroxyl groups excluding tert-OH is 1. The number of rotatable bonds is 10. The van der Waals surface area contributed by atoms with E-state index >= 15 is 0 Å². The van der Waals surface area contributed by atoms with E-state index in [0.29, 0.717) is 19.6 Å². The lowest BCUT2D eigenvalue weighted by Crippen LogP contribution is -2.46. The molecule has 6 nitrogen and oxygen atoms in total. The van der Waals surface area contributed by atoms with Gasteiger partial charge < -0.3 is 15.3 Å². The third-order valence-corrected chi connectivity index (χ3v) is 2.68. The van der Waals surface area contributed by atoms with E-state index in [0.717, 1.165) is 0 Å². The molecule has 116 valence electrons. The lowest BCUT2D eigenvalue weighted by molar-refractivity contribution is -0.136. The van der Waals surface area contributed by atoms with Crippen LogP contribution in [-0.2, 0) is 9.59 Å². The van der Waals surface area contributed by atoms with Crippen molar-refractivity contribution in [2.24, 2.45) is 0 Å². The minimum Gasteiger partial charge on any atom is -0.395 e. The van der Waals surface area contributed by atoms with Gasteiger partial charge in [-0.15, -0.1) is 6.58 Å². The van der Waals surface area contributed by atoms with E-state index in [1.807, 2.05) is 20.8 Å². The van der Waals surface area contributed by atoms with E-state index in [-0.39, 0.29) is 37.6 Å². The van der Waals surface area contributed by atoms with Crippen LogP contribution in [0.4, 0.5) is 0 Å². The monoisotopic (exact) mass is 285 g/mol. The number of carbonyl (C=O) groups is 2. The first kappa shape index (κ1) is 18.6. The summed E-state index contributed by atoms with van der Waals surface area (Å²) in [7, 11) is 0. The third kappa shape index (κ3) is 7.91. The van der Waals surface area contributed by atoms with Crippen molar-refractivity contribution in [1.82, 2.24) is 15.1 Å². The Kier molecular flexibility index (Phi) is 9.67. The summed E-state index contributed by atoms with van der Waals surface area (Å²) < 4.78 is 0. The molecule has 0 aromatic carbocycles. The van der Waals surface area contributed by atoms with Crippen molar-refractivity contribution in [3.63, 3.8) is 0 Å². The maximum atomic E-state index is 12.1. The van der Waals surface area contributed by atoms with Crippen molar-refractivity contribution in [2.75, 3.05) is 39.3 Å². The van der Waals surface area contributed by atoms with Gasteiger partial charge >= 0.3 is 0 Å². The summed E-state index contributed by atoms with van der Waals surface area (Å²) in [6.45, 7) is 10.9. The van der Waals surface area contributed by atoms with Gasteiger partial charge in [-0.05, 0) is 20.8 Å². The van der Waals surface area contributed by atoms with Crippen LogP contribution in [0.25, 0.3) is 0 Å². The molecular formula is C14H27N3O3. The predicted molar refractivity (Wildman–Crippen MR) is 79.3 cm³/mol. The van der Waals surface area contributed by atoms with E-state index in [1.54, 1.807) is 11.0 Å². The number of amides is 2. The predicted octanol–water partition coefficient (Wildman–Crippen LogP) is -0.160. The number of hydrogen-bond donors (Lipinski definition) is 2. The minimum atomic E-state index is -0.160. The maximum absolute atomic E-state index is 12.1. The number of likely N-dealkylation sites (N-methyl/N-ethyl adjacent to an activating group) is 1. The van der Waals surface area contributed by atoms with Gasteiger partial charge in [0.05, 0.1) is 19.7 Å². The summed E-state index contributed by atoms with van der Waals surface area (Å²) in [5.74, 6) is -0.283. The van der Waals surface area contributed by atoms with Gasteiger partial charge in [0, 0.05) is 25.7 Å². The molecule has 0 aliphatic heterocycles. The minimum absolute atomic E-state index is 0.0128. The quantitative estimate of drug-likeness (QED) is 0.547. The van der Waals surface area contributed by atoms with Crippen LogP contribution in [0, 0.1) is 0 Å². The molecule has 0 bridgehead atoms. The van der Waals surface area contributed by atoms with Gasteiger partial charge in [0.25, 0.3) is 0 Å². The van der Waals surface area contributed by atoms with Crippen molar-refractivity contribution in [2.45, 2.75) is 26.8 Å². The van der Waals surface area contributed by atoms with Crippen LogP contribution in [0.2, 0.25) is 0 Å². The van der Waals surface area contributed by atoms with Gasteiger partial charge in [0.15, 0.2) is 0 Å². The zero-order chi connectivity index (χ0) is 15.5. The molecule has 0 heterocycles. The number of carbonyl (C=O) groups excluding carboxylic acids is 2. The van der Waals surface area contributed by atoms with Crippen molar-refractivity contribution < 1.29 is 14.7 Å². The summed E-state index contributed by atoms with van der Waals surface area (Å²) >= 11 is 0. The first-order chi connectivity index (χ1) is 9.44. The molecule has 0 aromatic heterocycles. The fraction of sp³-hybridized carbons (Fsp3) is 0.714. The molecule has 0 fully saturated rings. The highest BCUT2D eigenvalue weighted by atomic mass is 16.3. The highest BCUT2D eigenvalue weighted by molar-refractivity contribution is 5.85. The summed E-state index contributed by atoms with van der Waals surface area (Å²) in [5.41, 5.74) is 0. The molecule has 0 saturated heterocycles. The van der Waals surface area contributed by atoms with E-state index in [4.69, 9.17) is 5.11 Å². The van der Waals surface area contributed by atoms with Crippen molar-refractivity contribution in [3.8, 4) is 0 Å². The number of nitrogens with one attached hydrogen (secondary N) is 1. The SMILES string of the molecule is C=CCN(CCO)CC(=O)N(CC)CC(=O)NC(C)C. The van der Waals surface area contributed by atoms with Crippen molar-refractivity contribution >= 4 is 11.8 Å². The normalized spacial score (nSPS) is 10.7.